The maximum absolute atomic E-state index is 11.4. The van der Waals surface area contributed by atoms with Crippen molar-refractivity contribution in [2.24, 2.45) is 0 Å². The van der Waals surface area contributed by atoms with Crippen molar-refractivity contribution in [1.82, 2.24) is 5.32 Å². The number of carboxylic acids is 1. The number of carboxylic acid groups (broad SMARTS) is 1. The van der Waals surface area contributed by atoms with Crippen molar-refractivity contribution in [3.8, 4) is 11.5 Å². The van der Waals surface area contributed by atoms with E-state index in [1.54, 1.807) is 11.8 Å². The number of aliphatic carboxylic acids is 1. The lowest BCUT2D eigenvalue weighted by molar-refractivity contribution is -0.139. The molecule has 1 atom stereocenters. The molecule has 0 saturated heterocycles. The number of rotatable bonds is 12. The van der Waals surface area contributed by atoms with Crippen LogP contribution in [0.3, 0.4) is 0 Å². The summed E-state index contributed by atoms with van der Waals surface area (Å²) in [5, 5.41) is 12.5. The number of aryl methyl sites for hydroxylation is 1. The van der Waals surface area contributed by atoms with Gasteiger partial charge in [-0.05, 0) is 55.5 Å². The molecule has 0 radical (unpaired) electrons. The summed E-state index contributed by atoms with van der Waals surface area (Å²) in [7, 11) is 0. The maximum Gasteiger partial charge on any atom is 0.320 e. The van der Waals surface area contributed by atoms with Gasteiger partial charge in [-0.15, -0.1) is 0 Å². The average molecular weight is 404 g/mol. The Bertz CT molecular complexity index is 749. The summed E-state index contributed by atoms with van der Waals surface area (Å²) in [6.07, 6.45) is 2.56. The number of ether oxygens (including phenoxy) is 2. The molecule has 2 rings (SSSR count). The summed E-state index contributed by atoms with van der Waals surface area (Å²) in [5.41, 5.74) is 3.27. The summed E-state index contributed by atoms with van der Waals surface area (Å²) in [6, 6.07) is 13.4. The lowest BCUT2D eigenvalue weighted by Crippen LogP contribution is -2.36. The van der Waals surface area contributed by atoms with E-state index < -0.39 is 12.0 Å². The number of benzene rings is 2. The van der Waals surface area contributed by atoms with Gasteiger partial charge in [0.05, 0.1) is 6.61 Å². The molecule has 152 valence electrons. The predicted octanol–water partition coefficient (Wildman–Crippen LogP) is 4.27. The van der Waals surface area contributed by atoms with E-state index in [0.29, 0.717) is 37.7 Å². The molecule has 0 amide bonds. The third-order valence-corrected chi connectivity index (χ3v) is 4.93. The van der Waals surface area contributed by atoms with E-state index in [1.807, 2.05) is 31.4 Å². The fourth-order valence-electron chi connectivity index (χ4n) is 2.68. The van der Waals surface area contributed by atoms with E-state index in [9.17, 15) is 9.90 Å². The minimum atomic E-state index is -0.822. The summed E-state index contributed by atoms with van der Waals surface area (Å²) in [5.74, 6) is 1.34. The van der Waals surface area contributed by atoms with Crippen molar-refractivity contribution < 1.29 is 19.4 Å². The molecule has 1 unspecified atom stereocenters. The number of nitrogens with one attached hydrogen (secondary N) is 1. The fraction of sp³-hybridized carbons (Fsp3) is 0.409. The zero-order valence-corrected chi connectivity index (χ0v) is 17.6. The largest absolute Gasteiger partial charge is 0.490 e. The van der Waals surface area contributed by atoms with Crippen LogP contribution in [0, 0.1) is 6.92 Å². The van der Waals surface area contributed by atoms with Gasteiger partial charge in [0, 0.05) is 6.54 Å². The van der Waals surface area contributed by atoms with E-state index in [1.165, 1.54) is 5.56 Å². The fourth-order valence-corrected chi connectivity index (χ4v) is 3.16. The zero-order valence-electron chi connectivity index (χ0n) is 16.7. The van der Waals surface area contributed by atoms with E-state index in [4.69, 9.17) is 9.47 Å². The highest BCUT2D eigenvalue weighted by atomic mass is 32.2. The van der Waals surface area contributed by atoms with Crippen LogP contribution in [0.5, 0.6) is 11.5 Å². The molecule has 28 heavy (non-hydrogen) atoms. The van der Waals surface area contributed by atoms with Crippen LogP contribution in [-0.4, -0.2) is 35.7 Å². The van der Waals surface area contributed by atoms with Crippen LogP contribution in [-0.2, 0) is 17.9 Å². The van der Waals surface area contributed by atoms with Gasteiger partial charge >= 0.3 is 5.97 Å². The second kappa shape index (κ2) is 11.6. The predicted molar refractivity (Wildman–Crippen MR) is 114 cm³/mol. The van der Waals surface area contributed by atoms with E-state index in [2.05, 4.69) is 36.5 Å². The van der Waals surface area contributed by atoms with Gasteiger partial charge in [0.15, 0.2) is 11.5 Å². The minimum Gasteiger partial charge on any atom is -0.490 e. The van der Waals surface area contributed by atoms with Crippen molar-refractivity contribution in [1.29, 1.82) is 0 Å². The number of hydrogen-bond donors (Lipinski definition) is 2. The lowest BCUT2D eigenvalue weighted by Gasteiger charge is -2.16. The van der Waals surface area contributed by atoms with Gasteiger partial charge in [-0.25, -0.2) is 0 Å². The summed E-state index contributed by atoms with van der Waals surface area (Å²) >= 11 is 1.64. The van der Waals surface area contributed by atoms with Crippen LogP contribution in [0.1, 0.15) is 30.0 Å². The monoisotopic (exact) mass is 403 g/mol. The number of hydrogen-bond acceptors (Lipinski definition) is 5. The van der Waals surface area contributed by atoms with Crippen molar-refractivity contribution in [2.45, 2.75) is 39.5 Å². The molecule has 0 aliphatic rings. The maximum atomic E-state index is 11.4. The Balaban J connectivity index is 2.02. The molecule has 0 fully saturated rings. The molecular weight excluding hydrogens is 374 g/mol. The van der Waals surface area contributed by atoms with Crippen molar-refractivity contribution in [2.75, 3.05) is 18.6 Å². The van der Waals surface area contributed by atoms with Crippen LogP contribution in [0.4, 0.5) is 0 Å². The molecular formula is C22H29NO4S. The topological polar surface area (TPSA) is 67.8 Å². The zero-order chi connectivity index (χ0) is 20.4. The van der Waals surface area contributed by atoms with Gasteiger partial charge in [0.2, 0.25) is 0 Å². The van der Waals surface area contributed by atoms with Crippen LogP contribution in [0.15, 0.2) is 42.5 Å². The molecule has 0 spiro atoms. The molecule has 0 aliphatic carbocycles. The Labute approximate surface area is 171 Å². The summed E-state index contributed by atoms with van der Waals surface area (Å²) in [6.45, 7) is 5.44. The van der Waals surface area contributed by atoms with Gasteiger partial charge in [-0.2, -0.15) is 11.8 Å². The first kappa shape index (κ1) is 22.1. The second-order valence-electron chi connectivity index (χ2n) is 6.54. The Morgan fingerprint density at radius 3 is 2.46 bits per heavy atom. The Morgan fingerprint density at radius 2 is 1.82 bits per heavy atom. The minimum absolute atomic E-state index is 0.462. The molecule has 5 nitrogen and oxygen atoms in total. The third-order valence-electron chi connectivity index (χ3n) is 4.28. The van der Waals surface area contributed by atoms with Gasteiger partial charge in [0.25, 0.3) is 0 Å². The van der Waals surface area contributed by atoms with Crippen LogP contribution in [0.25, 0.3) is 0 Å². The van der Waals surface area contributed by atoms with Crippen molar-refractivity contribution in [3.05, 3.63) is 59.2 Å². The summed E-state index contributed by atoms with van der Waals surface area (Å²) in [4.78, 5) is 11.4. The molecule has 2 aromatic rings. The molecule has 0 saturated carbocycles. The second-order valence-corrected chi connectivity index (χ2v) is 7.53. The van der Waals surface area contributed by atoms with E-state index >= 15 is 0 Å². The number of carbonyl (C=O) groups is 1. The van der Waals surface area contributed by atoms with E-state index in [-0.39, 0.29) is 0 Å². The molecule has 0 aromatic heterocycles. The average Bonchev–Trinajstić information content (AvgIpc) is 2.68. The summed E-state index contributed by atoms with van der Waals surface area (Å²) < 4.78 is 11.7. The molecule has 0 heterocycles. The highest BCUT2D eigenvalue weighted by Gasteiger charge is 2.16. The van der Waals surface area contributed by atoms with Crippen molar-refractivity contribution in [3.63, 3.8) is 0 Å². The Morgan fingerprint density at radius 1 is 1.11 bits per heavy atom. The molecule has 2 N–H and O–H groups in total. The Kier molecular flexibility index (Phi) is 9.17. The first-order valence-electron chi connectivity index (χ1n) is 9.42. The molecule has 2 aromatic carbocycles. The first-order valence-corrected chi connectivity index (χ1v) is 10.8. The standard InChI is InChI=1S/C22H29NO4S/c1-4-26-21-13-18(14-23-19(22(24)25)11-12-28-3)9-10-20(21)27-15-17-7-5-16(2)6-8-17/h5-10,13,19,23H,4,11-12,14-15H2,1-3H3,(H,24,25). The van der Waals surface area contributed by atoms with Crippen LogP contribution >= 0.6 is 11.8 Å². The quantitative estimate of drug-likeness (QED) is 0.552. The van der Waals surface area contributed by atoms with Gasteiger partial charge < -0.3 is 19.9 Å². The smallest absolute Gasteiger partial charge is 0.320 e. The number of thioether (sulfide) groups is 1. The van der Waals surface area contributed by atoms with Gasteiger partial charge in [-0.3, -0.25) is 4.79 Å². The van der Waals surface area contributed by atoms with Gasteiger partial charge in [0.1, 0.15) is 12.6 Å². The Hall–Kier alpha value is -2.18. The SMILES string of the molecule is CCOc1cc(CNC(CCSC)C(=O)O)ccc1OCc1ccc(C)cc1. The highest BCUT2D eigenvalue weighted by Crippen LogP contribution is 2.29. The van der Waals surface area contributed by atoms with Crippen molar-refractivity contribution >= 4 is 17.7 Å². The molecule has 6 heteroatoms. The third kappa shape index (κ3) is 7.09. The first-order chi connectivity index (χ1) is 13.5. The molecule has 0 aliphatic heterocycles. The normalized spacial score (nSPS) is 11.8. The molecule has 0 bridgehead atoms. The van der Waals surface area contributed by atoms with Gasteiger partial charge in [-0.1, -0.05) is 35.9 Å². The van der Waals surface area contributed by atoms with E-state index in [0.717, 1.165) is 16.9 Å². The van der Waals surface area contributed by atoms with Crippen LogP contribution < -0.4 is 14.8 Å². The lowest BCUT2D eigenvalue weighted by atomic mass is 10.1. The highest BCUT2D eigenvalue weighted by molar-refractivity contribution is 7.98. The van der Waals surface area contributed by atoms with Crippen LogP contribution in [0.2, 0.25) is 0 Å².